The van der Waals surface area contributed by atoms with E-state index in [-0.39, 0.29) is 11.7 Å². The highest BCUT2D eigenvalue weighted by Gasteiger charge is 2.35. The largest absolute Gasteiger partial charge is 0.467 e. The highest BCUT2D eigenvalue weighted by atomic mass is 32.2. The van der Waals surface area contributed by atoms with E-state index >= 15 is 0 Å². The molecule has 2 aromatic carbocycles. The number of aromatic nitrogens is 2. The van der Waals surface area contributed by atoms with E-state index < -0.39 is 12.0 Å². The number of amides is 1. The maximum atomic E-state index is 12.9. The number of ether oxygens (including phenoxy) is 1. The van der Waals surface area contributed by atoms with Gasteiger partial charge in [0.05, 0.1) is 12.9 Å². The molecule has 0 unspecified atom stereocenters. The maximum absolute atomic E-state index is 12.9. The molecular weight excluding hydrogens is 390 g/mol. The van der Waals surface area contributed by atoms with Gasteiger partial charge in [0, 0.05) is 18.5 Å². The zero-order valence-electron chi connectivity index (χ0n) is 15.8. The summed E-state index contributed by atoms with van der Waals surface area (Å²) in [5, 5.41) is 8.34. The van der Waals surface area contributed by atoms with Crippen molar-refractivity contribution in [2.75, 3.05) is 12.9 Å². The summed E-state index contributed by atoms with van der Waals surface area (Å²) >= 11 is 1.16. The average Bonchev–Trinajstić information content (AvgIpc) is 3.25. The summed E-state index contributed by atoms with van der Waals surface area (Å²) < 4.78 is 10.6. The van der Waals surface area contributed by atoms with Crippen LogP contribution in [0.5, 0.6) is 0 Å². The number of carbonyl (C=O) groups is 2. The fourth-order valence-corrected chi connectivity index (χ4v) is 3.95. The molecule has 2 heterocycles. The summed E-state index contributed by atoms with van der Waals surface area (Å²) in [7, 11) is 1.34. The van der Waals surface area contributed by atoms with Crippen LogP contribution in [0.1, 0.15) is 11.1 Å². The molecule has 1 aliphatic heterocycles. The Morgan fingerprint density at radius 1 is 1.10 bits per heavy atom. The Labute approximate surface area is 172 Å². The third kappa shape index (κ3) is 4.17. The number of methoxy groups -OCH3 is 1. The summed E-state index contributed by atoms with van der Waals surface area (Å²) in [6.07, 6.45) is 0.442. The van der Waals surface area contributed by atoms with Crippen LogP contribution in [0, 0.1) is 0 Å². The second-order valence-corrected chi connectivity index (χ2v) is 7.49. The van der Waals surface area contributed by atoms with Crippen LogP contribution in [0.15, 0.2) is 64.2 Å². The first-order valence-corrected chi connectivity index (χ1v) is 10.1. The maximum Gasteiger partial charge on any atom is 0.328 e. The molecule has 0 aliphatic carbocycles. The molecule has 0 N–H and O–H groups in total. The summed E-state index contributed by atoms with van der Waals surface area (Å²) in [6, 6.07) is 16.6. The smallest absolute Gasteiger partial charge is 0.328 e. The van der Waals surface area contributed by atoms with Crippen molar-refractivity contribution in [3.8, 4) is 11.5 Å². The molecule has 3 aromatic rings. The lowest BCUT2D eigenvalue weighted by Crippen LogP contribution is -2.49. The number of thioether (sulfide) groups is 1. The molecule has 0 fully saturated rings. The van der Waals surface area contributed by atoms with Gasteiger partial charge in [0.1, 0.15) is 6.04 Å². The van der Waals surface area contributed by atoms with E-state index in [1.54, 1.807) is 4.90 Å². The summed E-state index contributed by atoms with van der Waals surface area (Å²) in [5.74, 6) is -0.104. The Hall–Kier alpha value is -3.13. The third-order valence-corrected chi connectivity index (χ3v) is 5.59. The monoisotopic (exact) mass is 409 g/mol. The number of hydrogen-bond donors (Lipinski definition) is 0. The molecule has 0 spiro atoms. The van der Waals surface area contributed by atoms with Gasteiger partial charge in [-0.25, -0.2) is 4.79 Å². The number of rotatable bonds is 5. The van der Waals surface area contributed by atoms with E-state index in [1.807, 2.05) is 54.6 Å². The van der Waals surface area contributed by atoms with Gasteiger partial charge < -0.3 is 14.1 Å². The van der Waals surface area contributed by atoms with Crippen LogP contribution >= 0.6 is 11.8 Å². The Morgan fingerprint density at radius 2 is 1.83 bits per heavy atom. The first-order chi connectivity index (χ1) is 14.2. The third-order valence-electron chi connectivity index (χ3n) is 4.79. The number of hydrogen-bond acceptors (Lipinski definition) is 7. The van der Waals surface area contributed by atoms with Crippen LogP contribution in [0.4, 0.5) is 0 Å². The number of benzene rings is 2. The van der Waals surface area contributed by atoms with Gasteiger partial charge >= 0.3 is 5.97 Å². The topological polar surface area (TPSA) is 85.5 Å². The molecule has 1 atom stereocenters. The minimum Gasteiger partial charge on any atom is -0.467 e. The molecule has 1 aromatic heterocycles. The second-order valence-electron chi connectivity index (χ2n) is 6.56. The van der Waals surface area contributed by atoms with Crippen molar-refractivity contribution in [3.63, 3.8) is 0 Å². The van der Waals surface area contributed by atoms with Crippen molar-refractivity contribution >= 4 is 23.6 Å². The van der Waals surface area contributed by atoms with Crippen molar-refractivity contribution in [2.24, 2.45) is 0 Å². The highest BCUT2D eigenvalue weighted by molar-refractivity contribution is 7.99. The number of carbonyl (C=O) groups excluding carboxylic acids is 2. The van der Waals surface area contributed by atoms with Crippen LogP contribution in [0.3, 0.4) is 0 Å². The molecule has 8 heteroatoms. The van der Waals surface area contributed by atoms with Gasteiger partial charge in [-0.1, -0.05) is 54.2 Å². The number of fused-ring (bicyclic) bond motifs is 1. The first-order valence-electron chi connectivity index (χ1n) is 9.11. The Bertz CT molecular complexity index is 1020. The zero-order valence-corrected chi connectivity index (χ0v) is 16.6. The molecule has 7 nitrogen and oxygen atoms in total. The molecule has 1 aliphatic rings. The lowest BCUT2D eigenvalue weighted by Gasteiger charge is -2.35. The molecule has 1 amide bonds. The minimum atomic E-state index is -0.634. The van der Waals surface area contributed by atoms with E-state index in [2.05, 4.69) is 10.2 Å². The molecule has 0 saturated carbocycles. The van der Waals surface area contributed by atoms with E-state index in [4.69, 9.17) is 9.15 Å². The Balaban J connectivity index is 1.46. The predicted molar refractivity (Wildman–Crippen MR) is 107 cm³/mol. The van der Waals surface area contributed by atoms with Crippen LogP contribution < -0.4 is 0 Å². The lowest BCUT2D eigenvalue weighted by atomic mass is 9.94. The molecule has 4 rings (SSSR count). The van der Waals surface area contributed by atoms with Gasteiger partial charge in [-0.05, 0) is 23.3 Å². The molecular formula is C21H19N3O4S. The summed E-state index contributed by atoms with van der Waals surface area (Å²) in [6.45, 7) is 0.369. The van der Waals surface area contributed by atoms with Crippen molar-refractivity contribution in [1.82, 2.24) is 15.1 Å². The Kier molecular flexibility index (Phi) is 5.62. The van der Waals surface area contributed by atoms with E-state index in [1.165, 1.54) is 7.11 Å². The van der Waals surface area contributed by atoms with Crippen molar-refractivity contribution in [1.29, 1.82) is 0 Å². The lowest BCUT2D eigenvalue weighted by molar-refractivity contribution is -0.153. The van der Waals surface area contributed by atoms with Crippen molar-refractivity contribution in [3.05, 3.63) is 65.7 Å². The van der Waals surface area contributed by atoms with Crippen molar-refractivity contribution in [2.45, 2.75) is 24.2 Å². The van der Waals surface area contributed by atoms with Gasteiger partial charge in [-0.2, -0.15) is 0 Å². The standard InChI is InChI=1S/C21H19N3O4S/c1-27-20(26)17-11-15-9-5-6-10-16(15)12-24(17)18(25)13-29-21-23-22-19(28-21)14-7-3-2-4-8-14/h2-10,17H,11-13H2,1H3/t17-/m0/s1. The predicted octanol–water partition coefficient (Wildman–Crippen LogP) is 2.96. The van der Waals surface area contributed by atoms with Gasteiger partial charge in [0.25, 0.3) is 5.22 Å². The van der Waals surface area contributed by atoms with Crippen LogP contribution in [0.2, 0.25) is 0 Å². The number of nitrogens with zero attached hydrogens (tertiary/aromatic N) is 3. The quantitative estimate of drug-likeness (QED) is 0.473. The Morgan fingerprint density at radius 3 is 2.59 bits per heavy atom. The normalized spacial score (nSPS) is 15.6. The van der Waals surface area contributed by atoms with Gasteiger partial charge in [-0.3, -0.25) is 4.79 Å². The second kappa shape index (κ2) is 8.48. The van der Waals surface area contributed by atoms with Gasteiger partial charge in [0.15, 0.2) is 0 Å². The van der Waals surface area contributed by atoms with Gasteiger partial charge in [-0.15, -0.1) is 10.2 Å². The number of esters is 1. The minimum absolute atomic E-state index is 0.0894. The molecule has 29 heavy (non-hydrogen) atoms. The fourth-order valence-electron chi connectivity index (χ4n) is 3.30. The SMILES string of the molecule is COC(=O)[C@@H]1Cc2ccccc2CN1C(=O)CSc1nnc(-c2ccccc2)o1. The van der Waals surface area contributed by atoms with E-state index in [0.29, 0.717) is 24.1 Å². The first kappa shape index (κ1) is 19.2. The summed E-state index contributed by atoms with van der Waals surface area (Å²) in [5.41, 5.74) is 2.91. The zero-order chi connectivity index (χ0) is 20.2. The highest BCUT2D eigenvalue weighted by Crippen LogP contribution is 2.27. The van der Waals surface area contributed by atoms with E-state index in [0.717, 1.165) is 28.5 Å². The fraction of sp³-hybridized carbons (Fsp3) is 0.238. The van der Waals surface area contributed by atoms with Crippen LogP contribution in [0.25, 0.3) is 11.5 Å². The van der Waals surface area contributed by atoms with Crippen molar-refractivity contribution < 1.29 is 18.7 Å². The van der Waals surface area contributed by atoms with Crippen LogP contribution in [-0.2, 0) is 27.3 Å². The van der Waals surface area contributed by atoms with Crippen LogP contribution in [-0.4, -0.2) is 45.9 Å². The summed E-state index contributed by atoms with van der Waals surface area (Å²) in [4.78, 5) is 26.7. The molecule has 0 bridgehead atoms. The van der Waals surface area contributed by atoms with Gasteiger partial charge in [0.2, 0.25) is 11.8 Å². The van der Waals surface area contributed by atoms with E-state index in [9.17, 15) is 9.59 Å². The molecule has 0 saturated heterocycles. The molecule has 0 radical (unpaired) electrons. The molecule has 148 valence electrons. The average molecular weight is 409 g/mol.